The van der Waals surface area contributed by atoms with Crippen molar-refractivity contribution < 1.29 is 14.3 Å². The van der Waals surface area contributed by atoms with Crippen molar-refractivity contribution in [3.8, 4) is 0 Å². The molecular weight excluding hydrogens is 214 g/mol. The highest BCUT2D eigenvalue weighted by Crippen LogP contribution is 2.58. The topological polar surface area (TPSA) is 53.7 Å². The highest BCUT2D eigenvalue weighted by molar-refractivity contribution is 8.01. The summed E-state index contributed by atoms with van der Waals surface area (Å²) in [7, 11) is 1.99. The first-order valence-electron chi connectivity index (χ1n) is 4.86. The normalized spacial score (nSPS) is 21.5. The lowest BCUT2D eigenvalue weighted by Gasteiger charge is -2.30. The quantitative estimate of drug-likeness (QED) is 0.792. The maximum Gasteiger partial charge on any atom is 0.373 e. The summed E-state index contributed by atoms with van der Waals surface area (Å²) in [6.45, 7) is 0.989. The number of carbonyl (C=O) groups is 1. The van der Waals surface area contributed by atoms with Crippen LogP contribution < -0.4 is 4.90 Å². The van der Waals surface area contributed by atoms with Crippen LogP contribution in [0.4, 0.5) is 5.69 Å². The van der Waals surface area contributed by atoms with E-state index < -0.39 is 5.97 Å². The Kier molecular flexibility index (Phi) is 1.66. The third kappa shape index (κ3) is 1.26. The first-order valence-corrected chi connectivity index (χ1v) is 5.68. The second-order valence-corrected chi connectivity index (χ2v) is 5.70. The molecule has 1 saturated carbocycles. The maximum absolute atomic E-state index is 10.9. The van der Waals surface area contributed by atoms with Gasteiger partial charge in [-0.15, -0.1) is 11.8 Å². The summed E-state index contributed by atoms with van der Waals surface area (Å²) in [4.78, 5) is 13.8. The molecule has 0 aromatic carbocycles. The molecule has 2 aliphatic rings. The Labute approximate surface area is 91.2 Å². The van der Waals surface area contributed by atoms with E-state index in [1.54, 1.807) is 18.0 Å². The molecule has 0 saturated heterocycles. The molecule has 1 fully saturated rings. The van der Waals surface area contributed by atoms with Gasteiger partial charge in [-0.1, -0.05) is 0 Å². The average Bonchev–Trinajstić information content (AvgIpc) is 2.77. The van der Waals surface area contributed by atoms with Crippen molar-refractivity contribution in [2.75, 3.05) is 18.5 Å². The molecule has 15 heavy (non-hydrogen) atoms. The first kappa shape index (κ1) is 9.15. The van der Waals surface area contributed by atoms with Gasteiger partial charge in [-0.05, 0) is 12.8 Å². The molecule has 1 aromatic rings. The number of fused-ring (bicyclic) bond motifs is 1. The van der Waals surface area contributed by atoms with E-state index in [9.17, 15) is 4.79 Å². The minimum absolute atomic E-state index is 0.0906. The fraction of sp³-hybridized carbons (Fsp3) is 0.500. The lowest BCUT2D eigenvalue weighted by molar-refractivity contribution is 0.0657. The fourth-order valence-electron chi connectivity index (χ4n) is 2.01. The van der Waals surface area contributed by atoms with E-state index in [4.69, 9.17) is 9.52 Å². The van der Waals surface area contributed by atoms with E-state index in [0.29, 0.717) is 0 Å². The predicted octanol–water partition coefficient (Wildman–Crippen LogP) is 2.05. The van der Waals surface area contributed by atoms with Crippen LogP contribution in [0.25, 0.3) is 0 Å². The molecule has 4 nitrogen and oxygen atoms in total. The molecule has 2 heterocycles. The Balaban J connectivity index is 2.08. The Morgan fingerprint density at radius 3 is 3.00 bits per heavy atom. The van der Waals surface area contributed by atoms with Crippen LogP contribution in [-0.4, -0.2) is 29.4 Å². The summed E-state index contributed by atoms with van der Waals surface area (Å²) >= 11 is 1.67. The van der Waals surface area contributed by atoms with Crippen LogP contribution in [0.3, 0.4) is 0 Å². The molecule has 80 valence electrons. The number of hydrogen-bond acceptors (Lipinski definition) is 4. The van der Waals surface area contributed by atoms with Crippen LogP contribution in [0.1, 0.15) is 23.4 Å². The van der Waals surface area contributed by atoms with Gasteiger partial charge in [0, 0.05) is 18.3 Å². The van der Waals surface area contributed by atoms with Gasteiger partial charge in [0.25, 0.3) is 0 Å². The molecular formula is C10H11NO3S. The van der Waals surface area contributed by atoms with Crippen molar-refractivity contribution in [3.05, 3.63) is 12.0 Å². The van der Waals surface area contributed by atoms with Crippen molar-refractivity contribution in [1.29, 1.82) is 0 Å². The molecule has 0 atom stereocenters. The van der Waals surface area contributed by atoms with Gasteiger partial charge in [-0.25, -0.2) is 4.79 Å². The van der Waals surface area contributed by atoms with Crippen molar-refractivity contribution in [1.82, 2.24) is 0 Å². The Bertz CT molecular complexity index is 436. The second-order valence-electron chi connectivity index (χ2n) is 4.23. The van der Waals surface area contributed by atoms with Crippen molar-refractivity contribution in [2.45, 2.75) is 22.5 Å². The van der Waals surface area contributed by atoms with Gasteiger partial charge in [-0.3, -0.25) is 0 Å². The number of hydrogen-bond donors (Lipinski definition) is 1. The summed E-state index contributed by atoms with van der Waals surface area (Å²) in [6, 6.07) is 0. The van der Waals surface area contributed by atoms with Gasteiger partial charge in [0.2, 0.25) is 5.76 Å². The van der Waals surface area contributed by atoms with Crippen molar-refractivity contribution in [2.24, 2.45) is 0 Å². The lowest BCUT2D eigenvalue weighted by atomic mass is 10.3. The summed E-state index contributed by atoms with van der Waals surface area (Å²) in [5.74, 6) is -0.886. The van der Waals surface area contributed by atoms with Crippen LogP contribution in [0.5, 0.6) is 0 Å². The molecule has 1 aliphatic heterocycles. The molecule has 0 radical (unpaired) electrons. The van der Waals surface area contributed by atoms with Crippen LogP contribution in [0, 0.1) is 0 Å². The zero-order valence-corrected chi connectivity index (χ0v) is 9.13. The zero-order valence-electron chi connectivity index (χ0n) is 8.32. The SMILES string of the molecule is CN1CC2(CC2)Sc2c1coc2C(=O)O. The molecule has 0 bridgehead atoms. The third-order valence-corrected chi connectivity index (χ3v) is 4.55. The maximum atomic E-state index is 10.9. The number of nitrogens with zero attached hydrogens (tertiary/aromatic N) is 1. The predicted molar refractivity (Wildman–Crippen MR) is 56.8 cm³/mol. The van der Waals surface area contributed by atoms with Gasteiger partial charge >= 0.3 is 5.97 Å². The number of carboxylic acids is 1. The third-order valence-electron chi connectivity index (χ3n) is 2.98. The van der Waals surface area contributed by atoms with Crippen LogP contribution >= 0.6 is 11.8 Å². The minimum atomic E-state index is -0.977. The Morgan fingerprint density at radius 1 is 1.67 bits per heavy atom. The standard InChI is InChI=1S/C10H11NO3S/c1-11-5-10(2-3-10)15-8-6(11)4-14-7(8)9(12)13/h4H,2-3,5H2,1H3,(H,12,13). The van der Waals surface area contributed by atoms with Gasteiger partial charge in [0.1, 0.15) is 6.26 Å². The van der Waals surface area contributed by atoms with Gasteiger partial charge < -0.3 is 14.4 Å². The second kappa shape index (κ2) is 2.72. The molecule has 0 amide bonds. The first-order chi connectivity index (χ1) is 7.11. The Morgan fingerprint density at radius 2 is 2.40 bits per heavy atom. The number of furan rings is 1. The number of rotatable bonds is 1. The molecule has 1 N–H and O–H groups in total. The number of thioether (sulfide) groups is 1. The van der Waals surface area contributed by atoms with Crippen molar-refractivity contribution >= 4 is 23.4 Å². The molecule has 0 unspecified atom stereocenters. The summed E-state index contributed by atoms with van der Waals surface area (Å²) in [5, 5.41) is 8.98. The summed E-state index contributed by atoms with van der Waals surface area (Å²) in [5.41, 5.74) is 0.912. The van der Waals surface area contributed by atoms with E-state index in [2.05, 4.69) is 4.90 Å². The van der Waals surface area contributed by atoms with E-state index in [1.807, 2.05) is 7.05 Å². The minimum Gasteiger partial charge on any atom is -0.475 e. The lowest BCUT2D eigenvalue weighted by Crippen LogP contribution is -2.32. The molecule has 5 heteroatoms. The molecule has 3 rings (SSSR count). The van der Waals surface area contributed by atoms with Gasteiger partial charge in [0.05, 0.1) is 10.6 Å². The van der Waals surface area contributed by atoms with Gasteiger partial charge in [0.15, 0.2) is 0 Å². The largest absolute Gasteiger partial charge is 0.475 e. The molecule has 1 spiro atoms. The number of aromatic carboxylic acids is 1. The average molecular weight is 225 g/mol. The molecule has 1 aliphatic carbocycles. The van der Waals surface area contributed by atoms with E-state index in [1.165, 1.54) is 12.8 Å². The number of carboxylic acid groups (broad SMARTS) is 1. The highest BCUT2D eigenvalue weighted by Gasteiger charge is 2.49. The summed E-state index contributed by atoms with van der Waals surface area (Å²) < 4.78 is 5.37. The van der Waals surface area contributed by atoms with E-state index in [0.717, 1.165) is 17.1 Å². The summed E-state index contributed by atoms with van der Waals surface area (Å²) in [6.07, 6.45) is 3.89. The van der Waals surface area contributed by atoms with Gasteiger partial charge in [-0.2, -0.15) is 0 Å². The van der Waals surface area contributed by atoms with Crippen LogP contribution in [-0.2, 0) is 0 Å². The smallest absolute Gasteiger partial charge is 0.373 e. The fourth-order valence-corrected chi connectivity index (χ4v) is 3.55. The Hall–Kier alpha value is -1.10. The highest BCUT2D eigenvalue weighted by atomic mass is 32.2. The van der Waals surface area contributed by atoms with E-state index in [-0.39, 0.29) is 10.5 Å². The van der Waals surface area contributed by atoms with Crippen LogP contribution in [0.2, 0.25) is 0 Å². The number of anilines is 1. The van der Waals surface area contributed by atoms with E-state index >= 15 is 0 Å². The molecule has 1 aromatic heterocycles. The van der Waals surface area contributed by atoms with Crippen molar-refractivity contribution in [3.63, 3.8) is 0 Å². The monoisotopic (exact) mass is 225 g/mol. The van der Waals surface area contributed by atoms with Crippen LogP contribution in [0.15, 0.2) is 15.6 Å². The zero-order chi connectivity index (χ0) is 10.6.